The Labute approximate surface area is 132 Å². The lowest BCUT2D eigenvalue weighted by Gasteiger charge is -2.37. The van der Waals surface area contributed by atoms with Crippen LogP contribution in [-0.4, -0.2) is 54.0 Å². The standard InChI is InChI=1S/C17H26FN3O/c1-13(2)19-17(22)14(3)21-10-8-20(9-11-21)12-15-6-4-5-7-16(15)18/h4-7,13-14H,8-12H2,1-3H3,(H,19,22). The number of hydrogen-bond acceptors (Lipinski definition) is 3. The van der Waals surface area contributed by atoms with E-state index in [9.17, 15) is 9.18 Å². The van der Waals surface area contributed by atoms with Crippen LogP contribution in [0.3, 0.4) is 0 Å². The van der Waals surface area contributed by atoms with Gasteiger partial charge in [-0.2, -0.15) is 0 Å². The van der Waals surface area contributed by atoms with E-state index >= 15 is 0 Å². The van der Waals surface area contributed by atoms with Gasteiger partial charge in [0.2, 0.25) is 5.91 Å². The average molecular weight is 307 g/mol. The lowest BCUT2D eigenvalue weighted by molar-refractivity contribution is -0.127. The van der Waals surface area contributed by atoms with E-state index in [1.165, 1.54) is 6.07 Å². The Morgan fingerprint density at radius 3 is 2.41 bits per heavy atom. The van der Waals surface area contributed by atoms with Crippen LogP contribution in [-0.2, 0) is 11.3 Å². The quantitative estimate of drug-likeness (QED) is 0.902. The minimum absolute atomic E-state index is 0.0811. The molecule has 1 N–H and O–H groups in total. The maximum absolute atomic E-state index is 13.7. The highest BCUT2D eigenvalue weighted by Gasteiger charge is 2.25. The average Bonchev–Trinajstić information content (AvgIpc) is 2.49. The minimum Gasteiger partial charge on any atom is -0.353 e. The summed E-state index contributed by atoms with van der Waals surface area (Å²) >= 11 is 0. The van der Waals surface area contributed by atoms with Crippen LogP contribution in [0.5, 0.6) is 0 Å². The molecule has 0 aromatic heterocycles. The zero-order chi connectivity index (χ0) is 16.1. The van der Waals surface area contributed by atoms with Crippen molar-refractivity contribution >= 4 is 5.91 Å². The van der Waals surface area contributed by atoms with Gasteiger partial charge in [-0.05, 0) is 26.8 Å². The minimum atomic E-state index is -0.144. The van der Waals surface area contributed by atoms with Crippen LogP contribution < -0.4 is 5.32 Å². The molecular weight excluding hydrogens is 281 g/mol. The summed E-state index contributed by atoms with van der Waals surface area (Å²) in [4.78, 5) is 16.5. The van der Waals surface area contributed by atoms with Gasteiger partial charge in [0.05, 0.1) is 6.04 Å². The van der Waals surface area contributed by atoms with Gasteiger partial charge in [0.1, 0.15) is 5.82 Å². The predicted octanol–water partition coefficient (Wildman–Crippen LogP) is 1.86. The number of rotatable bonds is 5. The molecule has 2 rings (SSSR count). The van der Waals surface area contributed by atoms with Gasteiger partial charge in [0.15, 0.2) is 0 Å². The second-order valence-corrected chi connectivity index (χ2v) is 6.24. The van der Waals surface area contributed by atoms with Crippen LogP contribution in [0.2, 0.25) is 0 Å². The highest BCUT2D eigenvalue weighted by Crippen LogP contribution is 2.13. The van der Waals surface area contributed by atoms with E-state index in [-0.39, 0.29) is 23.8 Å². The van der Waals surface area contributed by atoms with E-state index in [4.69, 9.17) is 0 Å². The predicted molar refractivity (Wildman–Crippen MR) is 86.0 cm³/mol. The highest BCUT2D eigenvalue weighted by atomic mass is 19.1. The molecule has 1 saturated heterocycles. The molecule has 1 aromatic carbocycles. The molecule has 1 atom stereocenters. The third-order valence-electron chi connectivity index (χ3n) is 4.12. The summed E-state index contributed by atoms with van der Waals surface area (Å²) in [6.07, 6.45) is 0. The molecule has 0 aliphatic carbocycles. The van der Waals surface area contributed by atoms with Crippen molar-refractivity contribution in [3.05, 3.63) is 35.6 Å². The van der Waals surface area contributed by atoms with Crippen LogP contribution in [0.15, 0.2) is 24.3 Å². The number of carbonyl (C=O) groups is 1. The Balaban J connectivity index is 1.83. The number of benzene rings is 1. The van der Waals surface area contributed by atoms with Crippen molar-refractivity contribution in [2.45, 2.75) is 39.4 Å². The first kappa shape index (κ1) is 16.9. The Morgan fingerprint density at radius 1 is 1.18 bits per heavy atom. The zero-order valence-corrected chi connectivity index (χ0v) is 13.7. The molecule has 5 heteroatoms. The first-order valence-corrected chi connectivity index (χ1v) is 7.97. The van der Waals surface area contributed by atoms with E-state index in [0.29, 0.717) is 6.54 Å². The number of nitrogens with one attached hydrogen (secondary N) is 1. The second kappa shape index (κ2) is 7.70. The Hall–Kier alpha value is -1.46. The Bertz CT molecular complexity index is 498. The third-order valence-corrected chi connectivity index (χ3v) is 4.12. The molecular formula is C17H26FN3O. The number of nitrogens with zero attached hydrogens (tertiary/aromatic N) is 2. The van der Waals surface area contributed by atoms with Gasteiger partial charge in [-0.3, -0.25) is 14.6 Å². The monoisotopic (exact) mass is 307 g/mol. The van der Waals surface area contributed by atoms with Gasteiger partial charge in [0.25, 0.3) is 0 Å². The van der Waals surface area contributed by atoms with Crippen LogP contribution in [0.25, 0.3) is 0 Å². The molecule has 1 aromatic rings. The first-order valence-electron chi connectivity index (χ1n) is 7.97. The van der Waals surface area contributed by atoms with Gasteiger partial charge in [-0.25, -0.2) is 4.39 Å². The number of hydrogen-bond donors (Lipinski definition) is 1. The molecule has 0 spiro atoms. The van der Waals surface area contributed by atoms with E-state index in [2.05, 4.69) is 15.1 Å². The molecule has 0 radical (unpaired) electrons. The molecule has 1 aliphatic heterocycles. The van der Waals surface area contributed by atoms with Crippen LogP contribution in [0.1, 0.15) is 26.3 Å². The van der Waals surface area contributed by atoms with E-state index < -0.39 is 0 Å². The molecule has 1 unspecified atom stereocenters. The Kier molecular flexibility index (Phi) is 5.91. The summed E-state index contributed by atoms with van der Waals surface area (Å²) in [6.45, 7) is 9.90. The number of halogens is 1. The van der Waals surface area contributed by atoms with Gasteiger partial charge >= 0.3 is 0 Å². The summed E-state index contributed by atoms with van der Waals surface area (Å²) in [5.41, 5.74) is 0.738. The van der Waals surface area contributed by atoms with Crippen molar-refractivity contribution in [1.82, 2.24) is 15.1 Å². The molecule has 122 valence electrons. The topological polar surface area (TPSA) is 35.6 Å². The van der Waals surface area contributed by atoms with E-state index in [1.54, 1.807) is 6.07 Å². The van der Waals surface area contributed by atoms with Crippen molar-refractivity contribution < 1.29 is 9.18 Å². The van der Waals surface area contributed by atoms with Crippen molar-refractivity contribution in [2.75, 3.05) is 26.2 Å². The molecule has 22 heavy (non-hydrogen) atoms. The van der Waals surface area contributed by atoms with Crippen LogP contribution in [0.4, 0.5) is 4.39 Å². The fourth-order valence-corrected chi connectivity index (χ4v) is 2.75. The molecule has 1 aliphatic rings. The van der Waals surface area contributed by atoms with Gasteiger partial charge < -0.3 is 5.32 Å². The summed E-state index contributed by atoms with van der Waals surface area (Å²) in [5, 5.41) is 2.95. The van der Waals surface area contributed by atoms with E-state index in [0.717, 1.165) is 31.7 Å². The van der Waals surface area contributed by atoms with E-state index in [1.807, 2.05) is 32.9 Å². The molecule has 0 bridgehead atoms. The van der Waals surface area contributed by atoms with Crippen molar-refractivity contribution in [2.24, 2.45) is 0 Å². The Morgan fingerprint density at radius 2 is 1.82 bits per heavy atom. The summed E-state index contributed by atoms with van der Waals surface area (Å²) in [6, 6.07) is 6.97. The van der Waals surface area contributed by atoms with Gasteiger partial charge in [-0.15, -0.1) is 0 Å². The van der Waals surface area contributed by atoms with Crippen molar-refractivity contribution in [1.29, 1.82) is 0 Å². The summed E-state index contributed by atoms with van der Waals surface area (Å²) in [5.74, 6) is -0.0628. The largest absolute Gasteiger partial charge is 0.353 e. The van der Waals surface area contributed by atoms with Gasteiger partial charge in [0, 0.05) is 44.3 Å². The fraction of sp³-hybridized carbons (Fsp3) is 0.588. The maximum atomic E-state index is 13.7. The van der Waals surface area contributed by atoms with Crippen LogP contribution >= 0.6 is 0 Å². The second-order valence-electron chi connectivity index (χ2n) is 6.24. The number of piperazine rings is 1. The zero-order valence-electron chi connectivity index (χ0n) is 13.7. The lowest BCUT2D eigenvalue weighted by Crippen LogP contribution is -2.54. The third kappa shape index (κ3) is 4.52. The first-order chi connectivity index (χ1) is 10.5. The summed E-state index contributed by atoms with van der Waals surface area (Å²) in [7, 11) is 0. The maximum Gasteiger partial charge on any atom is 0.237 e. The van der Waals surface area contributed by atoms with Crippen molar-refractivity contribution in [3.63, 3.8) is 0 Å². The lowest BCUT2D eigenvalue weighted by atomic mass is 10.1. The normalized spacial score (nSPS) is 18.4. The molecule has 1 fully saturated rings. The summed E-state index contributed by atoms with van der Waals surface area (Å²) < 4.78 is 13.7. The molecule has 1 heterocycles. The van der Waals surface area contributed by atoms with Crippen molar-refractivity contribution in [3.8, 4) is 0 Å². The SMILES string of the molecule is CC(C)NC(=O)C(C)N1CCN(Cc2ccccc2F)CC1. The molecule has 4 nitrogen and oxygen atoms in total. The highest BCUT2D eigenvalue weighted by molar-refractivity contribution is 5.81. The number of amides is 1. The molecule has 1 amide bonds. The smallest absolute Gasteiger partial charge is 0.237 e. The van der Waals surface area contributed by atoms with Crippen LogP contribution in [0, 0.1) is 5.82 Å². The van der Waals surface area contributed by atoms with Gasteiger partial charge in [-0.1, -0.05) is 18.2 Å². The fourth-order valence-electron chi connectivity index (χ4n) is 2.75. The number of carbonyl (C=O) groups excluding carboxylic acids is 1. The molecule has 0 saturated carbocycles.